The number of aryl methyl sites for hydroxylation is 1. The fourth-order valence-electron chi connectivity index (χ4n) is 6.32. The number of amides is 1. The van der Waals surface area contributed by atoms with Crippen molar-refractivity contribution < 1.29 is 13.9 Å². The second-order valence-corrected chi connectivity index (χ2v) is 14.1. The zero-order valence-corrected chi connectivity index (χ0v) is 28.2. The molecule has 1 N–H and O–H groups in total. The average Bonchev–Trinajstić information content (AvgIpc) is 3.36. The number of hydrogen-bond acceptors (Lipinski definition) is 9. The normalized spacial score (nSPS) is 19.2. The van der Waals surface area contributed by atoms with Gasteiger partial charge in [0.05, 0.1) is 10.5 Å². The molecule has 2 aliphatic heterocycles. The van der Waals surface area contributed by atoms with E-state index >= 15 is 4.39 Å². The lowest BCUT2D eigenvalue weighted by Crippen LogP contribution is -2.59. The maximum atomic E-state index is 17.1. The lowest BCUT2D eigenvalue weighted by Gasteiger charge is -2.46. The fraction of sp³-hybridized carbons (Fsp3) is 0.485. The van der Waals surface area contributed by atoms with Gasteiger partial charge in [0, 0.05) is 66.2 Å². The number of fused-ring (bicyclic) bond motifs is 2. The van der Waals surface area contributed by atoms with Crippen LogP contribution in [0.3, 0.4) is 0 Å². The summed E-state index contributed by atoms with van der Waals surface area (Å²) in [7, 11) is 4.06. The summed E-state index contributed by atoms with van der Waals surface area (Å²) in [4.78, 5) is 30.9. The highest BCUT2D eigenvalue weighted by molar-refractivity contribution is 6.35. The highest BCUT2D eigenvalue weighted by atomic mass is 35.5. The van der Waals surface area contributed by atoms with Crippen LogP contribution >= 0.6 is 11.6 Å². The number of carbonyl (C=O) groups is 1. The van der Waals surface area contributed by atoms with E-state index in [2.05, 4.69) is 26.1 Å². The molecule has 6 rings (SSSR count). The topological polar surface area (TPSA) is 118 Å². The van der Waals surface area contributed by atoms with Crippen LogP contribution < -0.4 is 9.80 Å². The number of aromatic nitrogens is 4. The molecule has 2 fully saturated rings. The number of rotatable bonds is 4. The van der Waals surface area contributed by atoms with Gasteiger partial charge >= 0.3 is 6.09 Å². The molecule has 0 spiro atoms. The molecule has 0 bridgehead atoms. The molecule has 2 atom stereocenters. The lowest BCUT2D eigenvalue weighted by molar-refractivity contribution is 0.0130. The van der Waals surface area contributed by atoms with Gasteiger partial charge in [0.1, 0.15) is 23.0 Å². The highest BCUT2D eigenvalue weighted by Gasteiger charge is 2.38. The number of benzene rings is 2. The van der Waals surface area contributed by atoms with Crippen molar-refractivity contribution in [3.8, 4) is 17.2 Å². The molecule has 0 saturated carbocycles. The number of aromatic amines is 1. The van der Waals surface area contributed by atoms with Crippen LogP contribution in [0.5, 0.6) is 0 Å². The van der Waals surface area contributed by atoms with Crippen LogP contribution in [0.25, 0.3) is 32.9 Å². The Labute approximate surface area is 272 Å². The Morgan fingerprint density at radius 3 is 2.50 bits per heavy atom. The maximum Gasteiger partial charge on any atom is 0.410 e. The molecule has 0 aliphatic carbocycles. The molecule has 2 aromatic carbocycles. The van der Waals surface area contributed by atoms with Crippen LogP contribution in [-0.2, 0) is 4.74 Å². The number of likely N-dealkylation sites (N-methyl/N-ethyl adjacent to an activating group) is 1. The molecule has 242 valence electrons. The number of anilines is 2. The minimum absolute atomic E-state index is 0.139. The van der Waals surface area contributed by atoms with Crippen molar-refractivity contribution in [3.05, 3.63) is 40.3 Å². The van der Waals surface area contributed by atoms with E-state index in [1.54, 1.807) is 11.0 Å². The Bertz CT molecular complexity index is 1890. The van der Waals surface area contributed by atoms with E-state index in [0.717, 1.165) is 5.56 Å². The SMILES string of the molecule is Cc1ccc2[nH]nc(C#N)c2c1-c1c(Cl)cc2c(N3C[C@@H](C)N(C(=O)OC(C)(C)C)C[C@@H]3C)nc(N3CC(N(C)C)C3)nc2c1F. The van der Waals surface area contributed by atoms with Crippen molar-refractivity contribution in [1.82, 2.24) is 30.0 Å². The Morgan fingerprint density at radius 2 is 1.85 bits per heavy atom. The van der Waals surface area contributed by atoms with Crippen molar-refractivity contribution in [2.75, 3.05) is 50.1 Å². The van der Waals surface area contributed by atoms with E-state index in [1.165, 1.54) is 0 Å². The van der Waals surface area contributed by atoms with Crippen molar-refractivity contribution >= 4 is 51.3 Å². The predicted molar refractivity (Wildman–Crippen MR) is 178 cm³/mol. The lowest BCUT2D eigenvalue weighted by atomic mass is 9.94. The van der Waals surface area contributed by atoms with E-state index < -0.39 is 11.4 Å². The first-order valence-corrected chi connectivity index (χ1v) is 15.8. The number of ether oxygens (including phenoxy) is 1. The van der Waals surface area contributed by atoms with Crippen LogP contribution in [0.4, 0.5) is 21.0 Å². The Hall–Kier alpha value is -4.21. The van der Waals surface area contributed by atoms with Crippen LogP contribution in [-0.4, -0.2) is 100 Å². The minimum atomic E-state index is -0.615. The van der Waals surface area contributed by atoms with Crippen LogP contribution in [0.15, 0.2) is 18.2 Å². The smallest absolute Gasteiger partial charge is 0.410 e. The monoisotopic (exact) mass is 647 g/mol. The van der Waals surface area contributed by atoms with Gasteiger partial charge in [0.15, 0.2) is 11.5 Å². The van der Waals surface area contributed by atoms with Gasteiger partial charge in [-0.25, -0.2) is 14.2 Å². The second-order valence-electron chi connectivity index (χ2n) is 13.7. The van der Waals surface area contributed by atoms with E-state index in [0.29, 0.717) is 65.8 Å². The van der Waals surface area contributed by atoms with Crippen molar-refractivity contribution in [1.29, 1.82) is 5.26 Å². The molecule has 4 aromatic rings. The summed E-state index contributed by atoms with van der Waals surface area (Å²) >= 11 is 6.96. The van der Waals surface area contributed by atoms with E-state index in [1.807, 2.05) is 72.7 Å². The summed E-state index contributed by atoms with van der Waals surface area (Å²) < 4.78 is 22.8. The third-order valence-electron chi connectivity index (χ3n) is 8.91. The highest BCUT2D eigenvalue weighted by Crippen LogP contribution is 2.43. The quantitative estimate of drug-likeness (QED) is 0.296. The first-order chi connectivity index (χ1) is 21.7. The number of nitrogens with zero attached hydrogens (tertiary/aromatic N) is 8. The van der Waals surface area contributed by atoms with Crippen LogP contribution in [0, 0.1) is 24.1 Å². The number of halogens is 2. The molecule has 2 aromatic heterocycles. The minimum Gasteiger partial charge on any atom is -0.444 e. The summed E-state index contributed by atoms with van der Waals surface area (Å²) in [6.07, 6.45) is -0.366. The molecular weight excluding hydrogens is 609 g/mol. The summed E-state index contributed by atoms with van der Waals surface area (Å²) in [6.45, 7) is 13.7. The molecule has 2 saturated heterocycles. The second kappa shape index (κ2) is 11.5. The standard InChI is InChI=1S/C33H39ClFN9O2/c1-17-9-10-23-27(24(12-36)40-39-23)25(17)26-22(34)11-21-29(28(26)35)37-31(42-15-20(16-42)41(7)8)38-30(21)43-13-19(3)44(14-18(43)2)32(45)46-33(4,5)6/h9-11,18-20H,13-16H2,1-8H3,(H,39,40)/t18-,19+/m0/s1. The molecule has 4 heterocycles. The fourth-order valence-corrected chi connectivity index (χ4v) is 6.61. The molecule has 13 heteroatoms. The van der Waals surface area contributed by atoms with E-state index in [4.69, 9.17) is 26.3 Å². The van der Waals surface area contributed by atoms with Crippen LogP contribution in [0.1, 0.15) is 45.9 Å². The van der Waals surface area contributed by atoms with Crippen molar-refractivity contribution in [2.24, 2.45) is 0 Å². The number of nitrogens with one attached hydrogen (secondary N) is 1. The largest absolute Gasteiger partial charge is 0.444 e. The van der Waals surface area contributed by atoms with Gasteiger partial charge in [-0.2, -0.15) is 15.3 Å². The van der Waals surface area contributed by atoms with Gasteiger partial charge in [-0.05, 0) is 73.3 Å². The summed E-state index contributed by atoms with van der Waals surface area (Å²) in [5, 5.41) is 18.0. The van der Waals surface area contributed by atoms with Crippen molar-refractivity contribution in [3.63, 3.8) is 0 Å². The molecule has 0 radical (unpaired) electrons. The zero-order valence-electron chi connectivity index (χ0n) is 27.4. The van der Waals surface area contributed by atoms with E-state index in [9.17, 15) is 10.1 Å². The number of carbonyl (C=O) groups excluding carboxylic acids is 1. The van der Waals surface area contributed by atoms with Gasteiger partial charge < -0.3 is 24.3 Å². The Kier molecular flexibility index (Phi) is 7.97. The third-order valence-corrected chi connectivity index (χ3v) is 9.21. The summed E-state index contributed by atoms with van der Waals surface area (Å²) in [5.41, 5.74) is 1.70. The number of piperazine rings is 1. The molecular formula is C33H39ClFN9O2. The molecule has 0 unspecified atom stereocenters. The summed E-state index contributed by atoms with van der Waals surface area (Å²) in [5.74, 6) is 0.392. The van der Waals surface area contributed by atoms with Crippen molar-refractivity contribution in [2.45, 2.75) is 65.3 Å². The van der Waals surface area contributed by atoms with Gasteiger partial charge in [-0.1, -0.05) is 17.7 Å². The molecule has 46 heavy (non-hydrogen) atoms. The maximum absolute atomic E-state index is 17.1. The van der Waals surface area contributed by atoms with E-state index in [-0.39, 0.29) is 40.0 Å². The average molecular weight is 648 g/mol. The number of hydrogen-bond donors (Lipinski definition) is 1. The van der Waals surface area contributed by atoms with Gasteiger partial charge in [-0.3, -0.25) is 5.10 Å². The van der Waals surface area contributed by atoms with Gasteiger partial charge in [0.2, 0.25) is 5.95 Å². The Morgan fingerprint density at radius 1 is 1.13 bits per heavy atom. The third kappa shape index (κ3) is 5.45. The number of nitriles is 1. The first-order valence-electron chi connectivity index (χ1n) is 15.4. The molecule has 1 amide bonds. The van der Waals surface area contributed by atoms with Gasteiger partial charge in [0.25, 0.3) is 0 Å². The first kappa shape index (κ1) is 31.8. The predicted octanol–water partition coefficient (Wildman–Crippen LogP) is 5.73. The van der Waals surface area contributed by atoms with Gasteiger partial charge in [-0.15, -0.1) is 0 Å². The zero-order chi connectivity index (χ0) is 33.2. The summed E-state index contributed by atoms with van der Waals surface area (Å²) in [6, 6.07) is 7.46. The number of H-pyrrole nitrogens is 1. The molecule has 2 aliphatic rings. The Balaban J connectivity index is 1.51. The van der Waals surface area contributed by atoms with Crippen LogP contribution in [0.2, 0.25) is 5.02 Å². The molecule has 11 nitrogen and oxygen atoms in total.